The zero-order chi connectivity index (χ0) is 20.6. The van der Waals surface area contributed by atoms with Gasteiger partial charge in [0.15, 0.2) is 5.96 Å². The van der Waals surface area contributed by atoms with E-state index in [0.717, 1.165) is 17.2 Å². The van der Waals surface area contributed by atoms with Crippen LogP contribution in [0.1, 0.15) is 57.1 Å². The van der Waals surface area contributed by atoms with Gasteiger partial charge in [-0.15, -0.1) is 11.3 Å². The zero-order valence-electron chi connectivity index (χ0n) is 17.9. The highest BCUT2D eigenvalue weighted by molar-refractivity contribution is 7.11. The van der Waals surface area contributed by atoms with Gasteiger partial charge in [0.2, 0.25) is 0 Å². The lowest BCUT2D eigenvalue weighted by molar-refractivity contribution is 0.0491. The first-order valence-corrected chi connectivity index (χ1v) is 10.3. The molecule has 7 nitrogen and oxygen atoms in total. The zero-order valence-corrected chi connectivity index (χ0v) is 18.7. The molecule has 1 amide bonds. The summed E-state index contributed by atoms with van der Waals surface area (Å²) in [5.74, 6) is 0.955. The maximum Gasteiger partial charge on any atom is 0.407 e. The number of carbonyl (C=O) groups excluding carboxylic acids is 1. The smallest absolute Gasteiger partial charge is 0.407 e. The number of carbonyl (C=O) groups is 1. The van der Waals surface area contributed by atoms with Crippen LogP contribution < -0.4 is 16.0 Å². The van der Waals surface area contributed by atoms with E-state index in [9.17, 15) is 4.79 Å². The number of hydrogen-bond donors (Lipinski definition) is 3. The molecule has 0 bridgehead atoms. The summed E-state index contributed by atoms with van der Waals surface area (Å²) in [6.45, 7) is 17.6. The molecule has 0 fully saturated rings. The third kappa shape index (κ3) is 9.08. The Kier molecular flexibility index (Phi) is 9.02. The van der Waals surface area contributed by atoms with Gasteiger partial charge in [-0.3, -0.25) is 0 Å². The van der Waals surface area contributed by atoms with E-state index in [1.54, 1.807) is 11.3 Å². The van der Waals surface area contributed by atoms with Crippen molar-refractivity contribution < 1.29 is 9.53 Å². The Morgan fingerprint density at radius 1 is 1.26 bits per heavy atom. The lowest BCUT2D eigenvalue weighted by atomic mass is 10.0. The van der Waals surface area contributed by atoms with Crippen molar-refractivity contribution in [1.82, 2.24) is 20.9 Å². The SMILES string of the molecule is CCNC(=NCc1nc(C)c(C)s1)NCC(NC(=O)OC(C)(C)C)C(C)C. The number of aliphatic imine (C=N–C) groups is 1. The van der Waals surface area contributed by atoms with Crippen LogP contribution in [-0.4, -0.2) is 41.8 Å². The second kappa shape index (κ2) is 10.5. The van der Waals surface area contributed by atoms with Crippen LogP contribution in [-0.2, 0) is 11.3 Å². The molecule has 1 atom stereocenters. The Morgan fingerprint density at radius 2 is 1.93 bits per heavy atom. The molecule has 1 aromatic rings. The quantitative estimate of drug-likeness (QED) is 0.485. The minimum Gasteiger partial charge on any atom is -0.444 e. The van der Waals surface area contributed by atoms with Gasteiger partial charge < -0.3 is 20.7 Å². The number of rotatable bonds is 7. The van der Waals surface area contributed by atoms with Crippen molar-refractivity contribution in [1.29, 1.82) is 0 Å². The Morgan fingerprint density at radius 3 is 2.41 bits per heavy atom. The van der Waals surface area contributed by atoms with Crippen LogP contribution in [0.4, 0.5) is 4.79 Å². The number of guanidine groups is 1. The molecule has 1 unspecified atom stereocenters. The minimum atomic E-state index is -0.514. The minimum absolute atomic E-state index is 0.0759. The molecule has 0 spiro atoms. The van der Waals surface area contributed by atoms with E-state index in [1.165, 1.54) is 4.88 Å². The van der Waals surface area contributed by atoms with Gasteiger partial charge in [-0.25, -0.2) is 14.8 Å². The Balaban J connectivity index is 2.67. The summed E-state index contributed by atoms with van der Waals surface area (Å²) in [5.41, 5.74) is 0.545. The number of nitrogens with zero attached hydrogens (tertiary/aromatic N) is 2. The third-order valence-electron chi connectivity index (χ3n) is 3.79. The molecule has 1 heterocycles. The summed E-state index contributed by atoms with van der Waals surface area (Å²) >= 11 is 1.67. The molecular weight excluding hydrogens is 362 g/mol. The molecule has 0 aliphatic heterocycles. The second-order valence-corrected chi connectivity index (χ2v) is 9.11. The standard InChI is InChI=1S/C19H35N5O2S/c1-9-20-17(22-11-16-23-13(4)14(5)27-16)21-10-15(12(2)3)24-18(25)26-19(6,7)8/h12,15H,9-11H2,1-8H3,(H,24,25)(H2,20,21,22). The molecular formula is C19H35N5O2S. The van der Waals surface area contributed by atoms with Crippen LogP contribution >= 0.6 is 11.3 Å². The lowest BCUT2D eigenvalue weighted by Crippen LogP contribution is -2.50. The van der Waals surface area contributed by atoms with E-state index in [1.807, 2.05) is 34.6 Å². The highest BCUT2D eigenvalue weighted by Gasteiger charge is 2.21. The number of aryl methyl sites for hydroxylation is 2. The fourth-order valence-corrected chi connectivity index (χ4v) is 3.07. The first-order chi connectivity index (χ1) is 12.5. The van der Waals surface area contributed by atoms with Gasteiger partial charge in [0.1, 0.15) is 10.6 Å². The average Bonchev–Trinajstić information content (AvgIpc) is 2.85. The van der Waals surface area contributed by atoms with Gasteiger partial charge >= 0.3 is 6.09 Å². The van der Waals surface area contributed by atoms with Crippen LogP contribution in [0.15, 0.2) is 4.99 Å². The Hall–Kier alpha value is -1.83. The number of thiazole rings is 1. The summed E-state index contributed by atoms with van der Waals surface area (Å²) in [6.07, 6.45) is -0.404. The molecule has 0 aliphatic rings. The van der Waals surface area contributed by atoms with E-state index in [-0.39, 0.29) is 12.0 Å². The maximum atomic E-state index is 12.1. The molecule has 0 radical (unpaired) electrons. The molecule has 1 rings (SSSR count). The number of nitrogens with one attached hydrogen (secondary N) is 3. The number of hydrogen-bond acceptors (Lipinski definition) is 5. The monoisotopic (exact) mass is 397 g/mol. The molecule has 1 aromatic heterocycles. The molecule has 8 heteroatoms. The summed E-state index contributed by atoms with van der Waals surface area (Å²) < 4.78 is 5.36. The average molecular weight is 398 g/mol. The van der Waals surface area contributed by atoms with Crippen LogP contribution in [0.2, 0.25) is 0 Å². The fourth-order valence-electron chi connectivity index (χ4n) is 2.21. The number of ether oxygens (including phenoxy) is 1. The maximum absolute atomic E-state index is 12.1. The molecule has 3 N–H and O–H groups in total. The fraction of sp³-hybridized carbons (Fsp3) is 0.737. The molecule has 0 saturated carbocycles. The van der Waals surface area contributed by atoms with Gasteiger partial charge in [-0.05, 0) is 47.5 Å². The summed E-state index contributed by atoms with van der Waals surface area (Å²) in [5, 5.41) is 10.5. The molecule has 0 saturated heterocycles. The predicted molar refractivity (Wildman–Crippen MR) is 112 cm³/mol. The highest BCUT2D eigenvalue weighted by atomic mass is 32.1. The molecule has 154 valence electrons. The van der Waals surface area contributed by atoms with Crippen LogP contribution in [0.3, 0.4) is 0 Å². The van der Waals surface area contributed by atoms with E-state index < -0.39 is 11.7 Å². The molecule has 0 aliphatic carbocycles. The number of amides is 1. The molecule has 27 heavy (non-hydrogen) atoms. The van der Waals surface area contributed by atoms with Gasteiger partial charge in [-0.2, -0.15) is 0 Å². The van der Waals surface area contributed by atoms with Crippen molar-refractivity contribution >= 4 is 23.4 Å². The van der Waals surface area contributed by atoms with Gasteiger partial charge in [-0.1, -0.05) is 13.8 Å². The van der Waals surface area contributed by atoms with E-state index in [4.69, 9.17) is 4.74 Å². The lowest BCUT2D eigenvalue weighted by Gasteiger charge is -2.26. The van der Waals surface area contributed by atoms with Crippen LogP contribution in [0, 0.1) is 19.8 Å². The Labute approximate surface area is 167 Å². The largest absolute Gasteiger partial charge is 0.444 e. The van der Waals surface area contributed by atoms with Crippen molar-refractivity contribution in [2.24, 2.45) is 10.9 Å². The third-order valence-corrected chi connectivity index (χ3v) is 4.84. The van der Waals surface area contributed by atoms with E-state index >= 15 is 0 Å². The van der Waals surface area contributed by atoms with Gasteiger partial charge in [0, 0.05) is 18.0 Å². The molecule has 0 aromatic carbocycles. The summed E-state index contributed by atoms with van der Waals surface area (Å²) in [4.78, 5) is 22.4. The first kappa shape index (κ1) is 23.2. The van der Waals surface area contributed by atoms with E-state index in [2.05, 4.69) is 46.7 Å². The van der Waals surface area contributed by atoms with Crippen molar-refractivity contribution in [3.63, 3.8) is 0 Å². The highest BCUT2D eigenvalue weighted by Crippen LogP contribution is 2.17. The van der Waals surface area contributed by atoms with Crippen molar-refractivity contribution in [3.8, 4) is 0 Å². The summed E-state index contributed by atoms with van der Waals surface area (Å²) in [6, 6.07) is -0.0759. The summed E-state index contributed by atoms with van der Waals surface area (Å²) in [7, 11) is 0. The number of alkyl carbamates (subject to hydrolysis) is 1. The van der Waals surface area contributed by atoms with Crippen LogP contribution in [0.5, 0.6) is 0 Å². The Bertz CT molecular complexity index is 615. The van der Waals surface area contributed by atoms with E-state index in [0.29, 0.717) is 19.0 Å². The van der Waals surface area contributed by atoms with Crippen molar-refractivity contribution in [2.75, 3.05) is 13.1 Å². The van der Waals surface area contributed by atoms with Crippen LogP contribution in [0.25, 0.3) is 0 Å². The van der Waals surface area contributed by atoms with Gasteiger partial charge in [0.25, 0.3) is 0 Å². The van der Waals surface area contributed by atoms with Gasteiger partial charge in [0.05, 0.1) is 18.3 Å². The first-order valence-electron chi connectivity index (χ1n) is 9.46. The predicted octanol–water partition coefficient (Wildman–Crippen LogP) is 3.36. The normalized spacial score (nSPS) is 13.4. The second-order valence-electron chi connectivity index (χ2n) is 7.82. The topological polar surface area (TPSA) is 87.6 Å². The van der Waals surface area contributed by atoms with Crippen molar-refractivity contribution in [3.05, 3.63) is 15.6 Å². The number of aromatic nitrogens is 1. The van der Waals surface area contributed by atoms with Crippen molar-refractivity contribution in [2.45, 2.75) is 73.6 Å².